The molecule has 1 aromatic heterocycles. The number of ether oxygens (including phenoxy) is 1. The van der Waals surface area contributed by atoms with Gasteiger partial charge in [-0.25, -0.2) is 9.59 Å². The Hall–Kier alpha value is -5.59. The van der Waals surface area contributed by atoms with Gasteiger partial charge in [0.1, 0.15) is 11.6 Å². The quantitative estimate of drug-likeness (QED) is 0.135. The van der Waals surface area contributed by atoms with Crippen molar-refractivity contribution in [2.45, 2.75) is 71.4 Å². The molecule has 1 aliphatic carbocycles. The molecule has 1 atom stereocenters. The molecule has 4 aromatic rings. The maximum atomic E-state index is 13.7. The van der Waals surface area contributed by atoms with Gasteiger partial charge in [0.25, 0.3) is 0 Å². The third-order valence-electron chi connectivity index (χ3n) is 8.74. The van der Waals surface area contributed by atoms with Crippen LogP contribution in [0.25, 0.3) is 22.5 Å². The number of anilines is 1. The minimum absolute atomic E-state index is 0.186. The van der Waals surface area contributed by atoms with E-state index in [4.69, 9.17) is 4.74 Å². The molecule has 1 aliphatic rings. The van der Waals surface area contributed by atoms with E-state index in [-0.39, 0.29) is 35.6 Å². The standard InChI is InChI=1S/C37H43N7O6/c1-22-5-10-28(20-30(22)35(47)48)25-11-6-23(7-12-25)19-31(34(46)39-29-17-15-26(16-18-29)32-41-43-44-42-32)40-33(45)27-13-8-24(9-14-27)21-38-36(49)50-37(2,3)4/h5-7,10-12,15-18,20,24,27,31H,8-9,13-14,19,21H2,1-4H3,(H,38,49)(H,39,46)(H,40,45)(H,47,48)(H,41,42,43,44)/t24?,27?,31-/m0/s1. The van der Waals surface area contributed by atoms with Crippen LogP contribution in [0, 0.1) is 18.8 Å². The minimum atomic E-state index is -0.985. The van der Waals surface area contributed by atoms with Crippen LogP contribution < -0.4 is 16.0 Å². The molecule has 1 heterocycles. The molecule has 50 heavy (non-hydrogen) atoms. The summed E-state index contributed by atoms with van der Waals surface area (Å²) >= 11 is 0. The van der Waals surface area contributed by atoms with Gasteiger partial charge in [0.15, 0.2) is 0 Å². The van der Waals surface area contributed by atoms with Crippen LogP contribution in [0.2, 0.25) is 0 Å². The first kappa shape index (κ1) is 35.7. The van der Waals surface area contributed by atoms with E-state index in [1.807, 2.05) is 51.1 Å². The lowest BCUT2D eigenvalue weighted by molar-refractivity contribution is -0.130. The van der Waals surface area contributed by atoms with Gasteiger partial charge in [-0.05, 0) is 117 Å². The highest BCUT2D eigenvalue weighted by Gasteiger charge is 2.30. The fraction of sp³-hybridized carbons (Fsp3) is 0.378. The van der Waals surface area contributed by atoms with Gasteiger partial charge in [-0.2, -0.15) is 5.21 Å². The molecule has 1 saturated carbocycles. The molecule has 0 saturated heterocycles. The summed E-state index contributed by atoms with van der Waals surface area (Å²) in [4.78, 5) is 51.0. The number of benzene rings is 3. The molecule has 13 nitrogen and oxygen atoms in total. The van der Waals surface area contributed by atoms with E-state index < -0.39 is 23.7 Å². The Morgan fingerprint density at radius 1 is 0.920 bits per heavy atom. The molecule has 0 aliphatic heterocycles. The van der Waals surface area contributed by atoms with Crippen LogP contribution in [-0.4, -0.2) is 67.8 Å². The van der Waals surface area contributed by atoms with E-state index in [2.05, 4.69) is 36.6 Å². The number of carboxylic acids is 1. The van der Waals surface area contributed by atoms with Gasteiger partial charge >= 0.3 is 12.1 Å². The Bertz CT molecular complexity index is 1790. The number of hydrogen-bond acceptors (Lipinski definition) is 8. The summed E-state index contributed by atoms with van der Waals surface area (Å²) in [7, 11) is 0. The Morgan fingerprint density at radius 2 is 1.58 bits per heavy atom. The van der Waals surface area contributed by atoms with Crippen LogP contribution >= 0.6 is 0 Å². The highest BCUT2D eigenvalue weighted by atomic mass is 16.6. The number of aryl methyl sites for hydroxylation is 1. The second-order valence-electron chi connectivity index (χ2n) is 13.7. The largest absolute Gasteiger partial charge is 0.478 e. The SMILES string of the molecule is Cc1ccc(-c2ccc(C[C@H](NC(=O)C3CCC(CNC(=O)OC(C)(C)C)CC3)C(=O)Nc3ccc(-c4nn[nH]n4)cc3)cc2)cc1C(=O)O. The summed E-state index contributed by atoms with van der Waals surface area (Å²) in [6.45, 7) is 7.69. The highest BCUT2D eigenvalue weighted by Crippen LogP contribution is 2.29. The third kappa shape index (κ3) is 9.74. The maximum absolute atomic E-state index is 13.7. The van der Waals surface area contributed by atoms with E-state index >= 15 is 0 Å². The summed E-state index contributed by atoms with van der Waals surface area (Å²) in [5.41, 5.74) is 4.04. The number of hydrogen-bond donors (Lipinski definition) is 5. The predicted molar refractivity (Wildman–Crippen MR) is 187 cm³/mol. The van der Waals surface area contributed by atoms with Crippen LogP contribution in [0.5, 0.6) is 0 Å². The van der Waals surface area contributed by atoms with E-state index in [1.54, 1.807) is 43.3 Å². The number of nitrogens with one attached hydrogen (secondary N) is 4. The number of aromatic amines is 1. The molecule has 3 amide bonds. The lowest BCUT2D eigenvalue weighted by Gasteiger charge is -2.29. The fourth-order valence-electron chi connectivity index (χ4n) is 5.99. The number of aromatic carboxylic acids is 1. The molecule has 13 heteroatoms. The molecule has 3 aromatic carbocycles. The second-order valence-corrected chi connectivity index (χ2v) is 13.7. The van der Waals surface area contributed by atoms with Gasteiger partial charge in [0, 0.05) is 30.1 Å². The summed E-state index contributed by atoms with van der Waals surface area (Å²) in [5, 5.41) is 32.3. The van der Waals surface area contributed by atoms with Crippen LogP contribution in [-0.2, 0) is 20.7 Å². The summed E-state index contributed by atoms with van der Waals surface area (Å²) in [5.74, 6) is -1.13. The number of alkyl carbamates (subject to hydrolysis) is 1. The Morgan fingerprint density at radius 3 is 2.20 bits per heavy atom. The van der Waals surface area contributed by atoms with E-state index in [0.717, 1.165) is 35.1 Å². The van der Waals surface area contributed by atoms with Crippen molar-refractivity contribution in [3.05, 3.63) is 83.4 Å². The number of rotatable bonds is 11. The molecule has 5 rings (SSSR count). The van der Waals surface area contributed by atoms with Crippen molar-refractivity contribution in [2.24, 2.45) is 11.8 Å². The lowest BCUT2D eigenvalue weighted by Crippen LogP contribution is -2.48. The molecule has 0 unspecified atom stereocenters. The third-order valence-corrected chi connectivity index (χ3v) is 8.74. The maximum Gasteiger partial charge on any atom is 0.407 e. The van der Waals surface area contributed by atoms with E-state index in [9.17, 15) is 24.3 Å². The number of amides is 3. The number of tetrazole rings is 1. The average Bonchev–Trinajstić information content (AvgIpc) is 3.63. The molecule has 1 fully saturated rings. The molecule has 5 N–H and O–H groups in total. The monoisotopic (exact) mass is 681 g/mol. The van der Waals surface area contributed by atoms with Gasteiger partial charge < -0.3 is 25.8 Å². The van der Waals surface area contributed by atoms with Gasteiger partial charge in [-0.15, -0.1) is 10.2 Å². The molecule has 0 spiro atoms. The lowest BCUT2D eigenvalue weighted by atomic mass is 9.81. The average molecular weight is 682 g/mol. The van der Waals surface area contributed by atoms with Crippen LogP contribution in [0.1, 0.15) is 67.9 Å². The van der Waals surface area contributed by atoms with Crippen molar-refractivity contribution in [3.63, 3.8) is 0 Å². The summed E-state index contributed by atoms with van der Waals surface area (Å²) < 4.78 is 5.33. The number of aromatic nitrogens is 4. The van der Waals surface area contributed by atoms with Crippen molar-refractivity contribution in [2.75, 3.05) is 11.9 Å². The molecular weight excluding hydrogens is 638 g/mol. The Kier molecular flexibility index (Phi) is 11.2. The Balaban J connectivity index is 1.25. The summed E-state index contributed by atoms with van der Waals surface area (Å²) in [6.07, 6.45) is 2.60. The normalized spacial score (nSPS) is 16.6. The predicted octanol–water partition coefficient (Wildman–Crippen LogP) is 5.54. The second kappa shape index (κ2) is 15.7. The van der Waals surface area contributed by atoms with Gasteiger partial charge in [-0.1, -0.05) is 36.4 Å². The van der Waals surface area contributed by atoms with Crippen molar-refractivity contribution < 1.29 is 29.0 Å². The summed E-state index contributed by atoms with van der Waals surface area (Å²) in [6, 6.07) is 19.0. The number of carboxylic acid groups (broad SMARTS) is 1. The molecule has 262 valence electrons. The number of H-pyrrole nitrogens is 1. The Labute approximate surface area is 290 Å². The van der Waals surface area contributed by atoms with Gasteiger partial charge in [0.2, 0.25) is 17.6 Å². The van der Waals surface area contributed by atoms with E-state index in [1.165, 1.54) is 0 Å². The first-order chi connectivity index (χ1) is 23.8. The first-order valence-corrected chi connectivity index (χ1v) is 16.7. The van der Waals surface area contributed by atoms with Crippen LogP contribution in [0.4, 0.5) is 10.5 Å². The fourth-order valence-corrected chi connectivity index (χ4v) is 5.99. The van der Waals surface area contributed by atoms with Gasteiger partial charge in [0.05, 0.1) is 5.56 Å². The molecule has 0 radical (unpaired) electrons. The zero-order chi connectivity index (χ0) is 35.8. The van der Waals surface area contributed by atoms with Crippen LogP contribution in [0.3, 0.4) is 0 Å². The van der Waals surface area contributed by atoms with Crippen molar-refractivity contribution in [1.29, 1.82) is 0 Å². The van der Waals surface area contributed by atoms with Gasteiger partial charge in [-0.3, -0.25) is 9.59 Å². The topological polar surface area (TPSA) is 188 Å². The smallest absolute Gasteiger partial charge is 0.407 e. The van der Waals surface area contributed by atoms with Crippen molar-refractivity contribution >= 4 is 29.6 Å². The van der Waals surface area contributed by atoms with Crippen molar-refractivity contribution in [1.82, 2.24) is 31.3 Å². The molecular formula is C37H43N7O6. The van der Waals surface area contributed by atoms with E-state index in [0.29, 0.717) is 36.5 Å². The van der Waals surface area contributed by atoms with Crippen LogP contribution in [0.15, 0.2) is 66.7 Å². The number of nitrogens with zero attached hydrogens (tertiary/aromatic N) is 3. The number of carbonyl (C=O) groups is 4. The number of carbonyl (C=O) groups excluding carboxylic acids is 3. The molecule has 0 bridgehead atoms. The van der Waals surface area contributed by atoms with Crippen molar-refractivity contribution in [3.8, 4) is 22.5 Å². The first-order valence-electron chi connectivity index (χ1n) is 16.7. The zero-order valence-electron chi connectivity index (χ0n) is 28.7. The highest BCUT2D eigenvalue weighted by molar-refractivity contribution is 5.98. The minimum Gasteiger partial charge on any atom is -0.478 e. The zero-order valence-corrected chi connectivity index (χ0v) is 28.7.